The van der Waals surface area contributed by atoms with Gasteiger partial charge in [0, 0.05) is 23.4 Å². The van der Waals surface area contributed by atoms with Gasteiger partial charge in [-0.05, 0) is 12.1 Å². The molecule has 0 fully saturated rings. The highest BCUT2D eigenvalue weighted by atomic mass is 16.2. The zero-order valence-corrected chi connectivity index (χ0v) is 9.60. The van der Waals surface area contributed by atoms with Gasteiger partial charge in [-0.15, -0.1) is 0 Å². The quantitative estimate of drug-likeness (QED) is 0.435. The molecule has 0 radical (unpaired) electrons. The van der Waals surface area contributed by atoms with Crippen LogP contribution < -0.4 is 5.84 Å². The van der Waals surface area contributed by atoms with Crippen LogP contribution in [0.25, 0.3) is 0 Å². The molecule has 1 rings (SSSR count). The molecular formula is C11H15N3O2. The second kappa shape index (κ2) is 4.40. The Kier molecular flexibility index (Phi) is 3.39. The van der Waals surface area contributed by atoms with Crippen LogP contribution in [-0.4, -0.2) is 21.8 Å². The molecule has 0 aliphatic rings. The summed E-state index contributed by atoms with van der Waals surface area (Å²) in [7, 11) is 0. The number of carbonyl (C=O) groups is 2. The zero-order chi connectivity index (χ0) is 12.3. The van der Waals surface area contributed by atoms with E-state index < -0.39 is 17.2 Å². The average Bonchev–Trinajstić information content (AvgIpc) is 2.26. The monoisotopic (exact) mass is 221 g/mol. The van der Waals surface area contributed by atoms with Gasteiger partial charge in [-0.1, -0.05) is 20.8 Å². The number of hydrazine groups is 1. The van der Waals surface area contributed by atoms with Crippen molar-refractivity contribution in [2.24, 2.45) is 11.3 Å². The van der Waals surface area contributed by atoms with Crippen molar-refractivity contribution in [2.45, 2.75) is 20.8 Å². The van der Waals surface area contributed by atoms with Gasteiger partial charge >= 0.3 is 0 Å². The van der Waals surface area contributed by atoms with Gasteiger partial charge in [-0.3, -0.25) is 14.6 Å². The second-order valence-electron chi connectivity index (χ2n) is 4.47. The van der Waals surface area contributed by atoms with Crippen molar-refractivity contribution < 1.29 is 9.59 Å². The molecule has 1 heterocycles. The van der Waals surface area contributed by atoms with E-state index in [2.05, 4.69) is 4.98 Å². The molecule has 0 bridgehead atoms. The van der Waals surface area contributed by atoms with E-state index in [4.69, 9.17) is 5.84 Å². The summed E-state index contributed by atoms with van der Waals surface area (Å²) in [6.45, 7) is 5.11. The lowest BCUT2D eigenvalue weighted by molar-refractivity contribution is -0.136. The number of hydrogen-bond acceptors (Lipinski definition) is 4. The molecule has 0 saturated heterocycles. The van der Waals surface area contributed by atoms with Crippen LogP contribution in [-0.2, 0) is 4.79 Å². The lowest BCUT2D eigenvalue weighted by atomic mass is 9.95. The van der Waals surface area contributed by atoms with E-state index in [-0.39, 0.29) is 0 Å². The molecule has 2 amide bonds. The molecule has 5 nitrogen and oxygen atoms in total. The van der Waals surface area contributed by atoms with E-state index in [1.54, 1.807) is 20.8 Å². The smallest absolute Gasteiger partial charge is 0.272 e. The molecule has 0 aliphatic heterocycles. The Hall–Kier alpha value is -1.75. The van der Waals surface area contributed by atoms with Crippen LogP contribution in [0.2, 0.25) is 0 Å². The molecule has 0 spiro atoms. The van der Waals surface area contributed by atoms with E-state index >= 15 is 0 Å². The Morgan fingerprint density at radius 1 is 1.25 bits per heavy atom. The number of hydrogen-bond donors (Lipinski definition) is 1. The SMILES string of the molecule is CC(C)(C)C(=O)N(N)C(=O)c1ccncc1. The minimum absolute atomic E-state index is 0.343. The second-order valence-corrected chi connectivity index (χ2v) is 4.47. The fourth-order valence-electron chi connectivity index (χ4n) is 1.09. The van der Waals surface area contributed by atoms with Crippen LogP contribution in [0.4, 0.5) is 0 Å². The first kappa shape index (κ1) is 12.3. The number of rotatable bonds is 1. The van der Waals surface area contributed by atoms with Crippen LogP contribution in [0.5, 0.6) is 0 Å². The third kappa shape index (κ3) is 2.64. The number of carbonyl (C=O) groups excluding carboxylic acids is 2. The summed E-state index contributed by atoms with van der Waals surface area (Å²) < 4.78 is 0. The fourth-order valence-corrected chi connectivity index (χ4v) is 1.09. The summed E-state index contributed by atoms with van der Waals surface area (Å²) >= 11 is 0. The number of imide groups is 1. The molecule has 1 aromatic heterocycles. The van der Waals surface area contributed by atoms with Gasteiger partial charge in [0.2, 0.25) is 5.91 Å². The van der Waals surface area contributed by atoms with Crippen molar-refractivity contribution in [2.75, 3.05) is 0 Å². The summed E-state index contributed by atoms with van der Waals surface area (Å²) in [5.41, 5.74) is -0.340. The van der Waals surface area contributed by atoms with Crippen LogP contribution in [0.3, 0.4) is 0 Å². The number of amides is 2. The topological polar surface area (TPSA) is 76.3 Å². The van der Waals surface area contributed by atoms with E-state index in [9.17, 15) is 9.59 Å². The van der Waals surface area contributed by atoms with Crippen LogP contribution in [0, 0.1) is 5.41 Å². The molecule has 86 valence electrons. The van der Waals surface area contributed by atoms with Crippen molar-refractivity contribution in [1.82, 2.24) is 9.99 Å². The minimum atomic E-state index is -0.683. The minimum Gasteiger partial charge on any atom is -0.272 e. The summed E-state index contributed by atoms with van der Waals surface area (Å²) in [4.78, 5) is 27.3. The largest absolute Gasteiger partial charge is 0.274 e. The Balaban J connectivity index is 2.88. The van der Waals surface area contributed by atoms with Crippen LogP contribution in [0.1, 0.15) is 31.1 Å². The van der Waals surface area contributed by atoms with Gasteiger partial charge in [0.15, 0.2) is 0 Å². The maximum absolute atomic E-state index is 11.8. The van der Waals surface area contributed by atoms with Crippen molar-refractivity contribution in [3.05, 3.63) is 30.1 Å². The van der Waals surface area contributed by atoms with Gasteiger partial charge in [0.05, 0.1) is 0 Å². The number of nitrogens with zero attached hydrogens (tertiary/aromatic N) is 2. The molecule has 0 aromatic carbocycles. The molecule has 0 aliphatic carbocycles. The molecule has 5 heteroatoms. The van der Waals surface area contributed by atoms with Crippen molar-refractivity contribution in [3.63, 3.8) is 0 Å². The Morgan fingerprint density at radius 2 is 1.75 bits per heavy atom. The van der Waals surface area contributed by atoms with E-state index in [1.807, 2.05) is 0 Å². The normalized spacial score (nSPS) is 11.0. The van der Waals surface area contributed by atoms with Crippen molar-refractivity contribution in [3.8, 4) is 0 Å². The van der Waals surface area contributed by atoms with Gasteiger partial charge in [0.25, 0.3) is 5.91 Å². The van der Waals surface area contributed by atoms with Gasteiger partial charge in [0.1, 0.15) is 0 Å². The van der Waals surface area contributed by atoms with Gasteiger partial charge in [-0.2, -0.15) is 0 Å². The summed E-state index contributed by atoms with van der Waals surface area (Å²) in [5, 5.41) is 0.648. The summed E-state index contributed by atoms with van der Waals surface area (Å²) in [6.07, 6.45) is 2.95. The zero-order valence-electron chi connectivity index (χ0n) is 9.60. The number of aromatic nitrogens is 1. The van der Waals surface area contributed by atoms with E-state index in [1.165, 1.54) is 24.5 Å². The molecule has 0 atom stereocenters. The highest BCUT2D eigenvalue weighted by Crippen LogP contribution is 2.16. The highest BCUT2D eigenvalue weighted by molar-refractivity contribution is 6.05. The molecule has 1 aromatic rings. The lowest BCUT2D eigenvalue weighted by Gasteiger charge is -2.23. The maximum atomic E-state index is 11.8. The Labute approximate surface area is 94.2 Å². The first-order valence-corrected chi connectivity index (χ1v) is 4.87. The lowest BCUT2D eigenvalue weighted by Crippen LogP contribution is -2.48. The van der Waals surface area contributed by atoms with Crippen molar-refractivity contribution in [1.29, 1.82) is 0 Å². The van der Waals surface area contributed by atoms with Crippen LogP contribution in [0.15, 0.2) is 24.5 Å². The first-order chi connectivity index (χ1) is 7.34. The van der Waals surface area contributed by atoms with E-state index in [0.29, 0.717) is 10.6 Å². The van der Waals surface area contributed by atoms with Crippen molar-refractivity contribution >= 4 is 11.8 Å². The van der Waals surface area contributed by atoms with Gasteiger partial charge in [-0.25, -0.2) is 10.9 Å². The maximum Gasteiger partial charge on any atom is 0.274 e. The predicted molar refractivity (Wildman–Crippen MR) is 59.1 cm³/mol. The average molecular weight is 221 g/mol. The summed E-state index contributed by atoms with van der Waals surface area (Å²) in [5.74, 6) is 4.55. The number of nitrogens with two attached hydrogens (primary N) is 1. The molecule has 0 unspecified atom stereocenters. The highest BCUT2D eigenvalue weighted by Gasteiger charge is 2.29. The third-order valence-electron chi connectivity index (χ3n) is 2.01. The molecule has 2 N–H and O–H groups in total. The predicted octanol–water partition coefficient (Wildman–Crippen LogP) is 0.970. The molecule has 0 saturated carbocycles. The summed E-state index contributed by atoms with van der Waals surface area (Å²) in [6, 6.07) is 3.02. The fraction of sp³-hybridized carbons (Fsp3) is 0.364. The van der Waals surface area contributed by atoms with Crippen LogP contribution >= 0.6 is 0 Å². The molecular weight excluding hydrogens is 206 g/mol. The van der Waals surface area contributed by atoms with Gasteiger partial charge < -0.3 is 0 Å². The first-order valence-electron chi connectivity index (χ1n) is 4.87. The Bertz CT molecular complexity index is 395. The Morgan fingerprint density at radius 3 is 2.19 bits per heavy atom. The van der Waals surface area contributed by atoms with E-state index in [0.717, 1.165) is 0 Å². The molecule has 16 heavy (non-hydrogen) atoms. The third-order valence-corrected chi connectivity index (χ3v) is 2.01. The standard InChI is InChI=1S/C11H15N3O2/c1-11(2,3)10(16)14(12)9(15)8-4-6-13-7-5-8/h4-7H,12H2,1-3H3. The number of pyridine rings is 1.